The maximum atomic E-state index is 10.00. The van der Waals surface area contributed by atoms with Crippen molar-refractivity contribution >= 4 is 5.69 Å². The molecule has 1 atom stereocenters. The van der Waals surface area contributed by atoms with Crippen LogP contribution in [0.5, 0.6) is 0 Å². The van der Waals surface area contributed by atoms with Crippen molar-refractivity contribution in [3.63, 3.8) is 0 Å². The number of allylic oxidation sites excluding steroid dienone is 5. The molecule has 1 aromatic rings. The summed E-state index contributed by atoms with van der Waals surface area (Å²) in [4.78, 5) is 2.18. The average molecular weight is 543 g/mol. The molecule has 0 aliphatic carbocycles. The van der Waals surface area contributed by atoms with Crippen LogP contribution >= 0.6 is 0 Å². The minimum Gasteiger partial charge on any atom is -0.382 e. The smallest absolute Gasteiger partial charge is 0.180 e. The third-order valence-corrected chi connectivity index (χ3v) is 5.30. The van der Waals surface area contributed by atoms with Crippen LogP contribution in [0, 0.1) is 5.92 Å². The van der Waals surface area contributed by atoms with Gasteiger partial charge in [-0.25, -0.2) is 0 Å². The number of nitrogens with one attached hydrogen (secondary N) is 3. The Balaban J connectivity index is 0. The molecule has 6 N–H and O–H groups in total. The first-order valence-corrected chi connectivity index (χ1v) is 13.7. The standard InChI is InChI=1S/C18H27N3O.C10H15NO2.2C2H6/c1-6-9-15(8-3)16-12-21(13-16)17(19-5)10-18(22)20-11-14(4)7-2;1-7(2)11-9-6-4-3-5-8(9)10(12)13;2*1-2/h6-11,16,18-20,22H,1-3,12-13H2,4-5H3;3-7,10-13H,1-2H3;2*1-2H3/b14-11-,15-9+,17-10+;;;. The highest BCUT2D eigenvalue weighted by molar-refractivity contribution is 5.52. The molecule has 0 spiro atoms. The minimum absolute atomic E-state index is 0.278. The van der Waals surface area contributed by atoms with Gasteiger partial charge in [-0.05, 0) is 38.0 Å². The molecule has 0 amide bonds. The lowest BCUT2D eigenvalue weighted by atomic mass is 9.90. The van der Waals surface area contributed by atoms with Crippen LogP contribution in [0.2, 0.25) is 0 Å². The summed E-state index contributed by atoms with van der Waals surface area (Å²) in [5.41, 5.74) is 3.45. The summed E-state index contributed by atoms with van der Waals surface area (Å²) in [5.74, 6) is 1.36. The summed E-state index contributed by atoms with van der Waals surface area (Å²) >= 11 is 0. The topological polar surface area (TPSA) is 100 Å². The first-order valence-electron chi connectivity index (χ1n) is 13.7. The number of hydrogen-bond donors (Lipinski definition) is 6. The Morgan fingerprint density at radius 1 is 1.00 bits per heavy atom. The molecule has 0 bridgehead atoms. The lowest BCUT2D eigenvalue weighted by Crippen LogP contribution is -2.49. The third kappa shape index (κ3) is 15.1. The van der Waals surface area contributed by atoms with E-state index in [0.29, 0.717) is 11.5 Å². The highest BCUT2D eigenvalue weighted by Crippen LogP contribution is 2.27. The normalized spacial score (nSPS) is 14.3. The van der Waals surface area contributed by atoms with Crippen LogP contribution in [0.1, 0.15) is 60.3 Å². The number of nitrogens with zero attached hydrogens (tertiary/aromatic N) is 1. The molecule has 1 fully saturated rings. The first kappa shape index (κ1) is 37.9. The zero-order valence-electron chi connectivity index (χ0n) is 25.4. The van der Waals surface area contributed by atoms with Crippen LogP contribution in [0.3, 0.4) is 0 Å². The van der Waals surface area contributed by atoms with Gasteiger partial charge in [0.15, 0.2) is 6.29 Å². The number of para-hydroxylation sites is 1. The number of rotatable bonds is 12. The molecule has 0 saturated carbocycles. The molecule has 7 nitrogen and oxygen atoms in total. The maximum absolute atomic E-state index is 10.00. The molecular formula is C32H54N4O3. The molecule has 0 radical (unpaired) electrons. The van der Waals surface area contributed by atoms with Gasteiger partial charge in [-0.3, -0.25) is 0 Å². The van der Waals surface area contributed by atoms with Crippen LogP contribution in [0.4, 0.5) is 5.69 Å². The zero-order chi connectivity index (χ0) is 30.4. The molecule has 2 rings (SSSR count). The Bertz CT molecular complexity index is 914. The van der Waals surface area contributed by atoms with Gasteiger partial charge >= 0.3 is 0 Å². The summed E-state index contributed by atoms with van der Waals surface area (Å²) < 4.78 is 0. The van der Waals surface area contributed by atoms with Crippen molar-refractivity contribution in [2.45, 2.75) is 67.0 Å². The number of likely N-dealkylation sites (tertiary alicyclic amines) is 1. The highest BCUT2D eigenvalue weighted by atomic mass is 16.5. The molecule has 1 aliphatic heterocycles. The van der Waals surface area contributed by atoms with Crippen LogP contribution in [0.25, 0.3) is 0 Å². The van der Waals surface area contributed by atoms with Gasteiger partial charge in [0.25, 0.3) is 0 Å². The Hall–Kier alpha value is -3.26. The van der Waals surface area contributed by atoms with Gasteiger partial charge in [0, 0.05) is 55.6 Å². The quantitative estimate of drug-likeness (QED) is 0.146. The zero-order valence-corrected chi connectivity index (χ0v) is 25.4. The number of aliphatic hydroxyl groups is 3. The second kappa shape index (κ2) is 22.7. The van der Waals surface area contributed by atoms with Crippen LogP contribution in [-0.4, -0.2) is 52.6 Å². The van der Waals surface area contributed by atoms with Gasteiger partial charge in [-0.2, -0.15) is 0 Å². The molecule has 1 aromatic carbocycles. The van der Waals surface area contributed by atoms with Crippen molar-refractivity contribution in [2.24, 2.45) is 5.92 Å². The number of aliphatic hydroxyl groups excluding tert-OH is 2. The third-order valence-electron chi connectivity index (χ3n) is 5.30. The van der Waals surface area contributed by atoms with Gasteiger partial charge in [0.1, 0.15) is 12.0 Å². The summed E-state index contributed by atoms with van der Waals surface area (Å²) in [7, 11) is 1.85. The maximum Gasteiger partial charge on any atom is 0.180 e. The Morgan fingerprint density at radius 3 is 2.05 bits per heavy atom. The summed E-state index contributed by atoms with van der Waals surface area (Å²) in [6.07, 6.45) is 8.72. The van der Waals surface area contributed by atoms with Gasteiger partial charge < -0.3 is 36.2 Å². The van der Waals surface area contributed by atoms with Crippen LogP contribution in [0.15, 0.2) is 97.5 Å². The van der Waals surface area contributed by atoms with E-state index in [2.05, 4.69) is 40.6 Å². The predicted molar refractivity (Wildman–Crippen MR) is 169 cm³/mol. The van der Waals surface area contributed by atoms with Gasteiger partial charge in [-0.1, -0.05) is 89.9 Å². The summed E-state index contributed by atoms with van der Waals surface area (Å²) in [6.45, 7) is 26.9. The molecule has 39 heavy (non-hydrogen) atoms. The molecule has 0 aromatic heterocycles. The molecule has 220 valence electrons. The van der Waals surface area contributed by atoms with E-state index in [0.717, 1.165) is 30.2 Å². The molecule has 1 unspecified atom stereocenters. The minimum atomic E-state index is -1.41. The Morgan fingerprint density at radius 2 is 1.59 bits per heavy atom. The second-order valence-electron chi connectivity index (χ2n) is 8.47. The van der Waals surface area contributed by atoms with Crippen LogP contribution in [-0.2, 0) is 0 Å². The van der Waals surface area contributed by atoms with E-state index >= 15 is 0 Å². The molecule has 1 saturated heterocycles. The first-order chi connectivity index (χ1) is 18.7. The summed E-state index contributed by atoms with van der Waals surface area (Å²) in [5, 5.41) is 37.2. The largest absolute Gasteiger partial charge is 0.382 e. The van der Waals surface area contributed by atoms with E-state index in [1.807, 2.05) is 79.8 Å². The number of hydrogen-bond acceptors (Lipinski definition) is 7. The fourth-order valence-corrected chi connectivity index (χ4v) is 3.38. The van der Waals surface area contributed by atoms with Crippen molar-refractivity contribution < 1.29 is 15.3 Å². The van der Waals surface area contributed by atoms with Crippen molar-refractivity contribution in [1.82, 2.24) is 15.5 Å². The van der Waals surface area contributed by atoms with E-state index < -0.39 is 12.5 Å². The van der Waals surface area contributed by atoms with E-state index in [1.165, 1.54) is 5.57 Å². The van der Waals surface area contributed by atoms with Crippen molar-refractivity contribution in [3.8, 4) is 0 Å². The second-order valence-corrected chi connectivity index (χ2v) is 8.47. The molecule has 7 heteroatoms. The average Bonchev–Trinajstić information content (AvgIpc) is 2.92. The number of anilines is 1. The van der Waals surface area contributed by atoms with Crippen molar-refractivity contribution in [2.75, 3.05) is 25.5 Å². The van der Waals surface area contributed by atoms with Crippen molar-refractivity contribution in [3.05, 3.63) is 103 Å². The monoisotopic (exact) mass is 542 g/mol. The lowest BCUT2D eigenvalue weighted by Gasteiger charge is -2.43. The Kier molecular flexibility index (Phi) is 22.1. The highest BCUT2D eigenvalue weighted by Gasteiger charge is 2.29. The number of benzene rings is 1. The Labute approximate surface area is 238 Å². The molecular weight excluding hydrogens is 488 g/mol. The van der Waals surface area contributed by atoms with E-state index in [9.17, 15) is 5.11 Å². The van der Waals surface area contributed by atoms with E-state index in [-0.39, 0.29) is 6.04 Å². The van der Waals surface area contributed by atoms with Gasteiger partial charge in [0.05, 0.1) is 0 Å². The van der Waals surface area contributed by atoms with E-state index in [1.54, 1.807) is 36.6 Å². The fourth-order valence-electron chi connectivity index (χ4n) is 3.38. The molecule has 1 aliphatic rings. The van der Waals surface area contributed by atoms with E-state index in [4.69, 9.17) is 10.2 Å². The summed E-state index contributed by atoms with van der Waals surface area (Å²) in [6, 6.07) is 7.43. The lowest BCUT2D eigenvalue weighted by molar-refractivity contribution is -0.0419. The SMILES string of the molecule is C=C/C=C(\C=C)C1CN(/C(=C/C(O)N/C=C(/C)C=C)NC)C1.CC.CC.CC(C)Nc1ccccc1C(O)O. The predicted octanol–water partition coefficient (Wildman–Crippen LogP) is 5.82. The van der Waals surface area contributed by atoms with Crippen molar-refractivity contribution in [1.29, 1.82) is 0 Å². The van der Waals surface area contributed by atoms with Gasteiger partial charge in [-0.15, -0.1) is 0 Å². The molecule has 1 heterocycles. The fraction of sp³-hybridized carbons (Fsp3) is 0.438. The van der Waals surface area contributed by atoms with Crippen LogP contribution < -0.4 is 16.0 Å². The van der Waals surface area contributed by atoms with Gasteiger partial charge in [0.2, 0.25) is 0 Å².